The fourth-order valence-corrected chi connectivity index (χ4v) is 3.91. The maximum Gasteiger partial charge on any atom is 0.133 e. The Labute approximate surface area is 170 Å². The van der Waals surface area contributed by atoms with E-state index < -0.39 is 0 Å². The molecule has 0 saturated carbocycles. The fraction of sp³-hybridized carbons (Fsp3) is 0.211. The monoisotopic (exact) mass is 483 g/mol. The Morgan fingerprint density at radius 1 is 1.04 bits per heavy atom. The number of hydrogen-bond donors (Lipinski definition) is 1. The van der Waals surface area contributed by atoms with Crippen LogP contribution >= 0.6 is 45.8 Å². The molecule has 0 atom stereocenters. The van der Waals surface area contributed by atoms with Crippen molar-refractivity contribution in [3.63, 3.8) is 0 Å². The molecule has 1 aliphatic rings. The average Bonchev–Trinajstić information content (AvgIpc) is 2.79. The zero-order valence-electron chi connectivity index (χ0n) is 13.4. The highest BCUT2D eigenvalue weighted by molar-refractivity contribution is 14.1. The molecule has 128 valence electrons. The standard InChI is InChI=1S/C19H16Cl2IN3/c20-12-4-9-17(21)16(11-12)18-15-3-1-2-10-23-19(15)25(24-18)14-7-5-13(22)6-8-14/h4-9,11,23H,1-3,10H2. The third-order valence-electron chi connectivity index (χ3n) is 4.38. The lowest BCUT2D eigenvalue weighted by Gasteiger charge is -2.09. The number of anilines is 1. The highest BCUT2D eigenvalue weighted by Crippen LogP contribution is 2.38. The van der Waals surface area contributed by atoms with E-state index in [1.54, 1.807) is 6.07 Å². The maximum atomic E-state index is 6.46. The Bertz CT molecular complexity index is 919. The first-order valence-corrected chi connectivity index (χ1v) is 10.0. The van der Waals surface area contributed by atoms with Crippen molar-refractivity contribution in [2.24, 2.45) is 0 Å². The molecule has 1 aromatic heterocycles. The molecule has 2 aromatic carbocycles. The second kappa shape index (κ2) is 7.17. The summed E-state index contributed by atoms with van der Waals surface area (Å²) in [5.41, 5.74) is 4.05. The third kappa shape index (κ3) is 3.39. The summed E-state index contributed by atoms with van der Waals surface area (Å²) >= 11 is 15.0. The van der Waals surface area contributed by atoms with Gasteiger partial charge >= 0.3 is 0 Å². The van der Waals surface area contributed by atoms with E-state index in [-0.39, 0.29) is 0 Å². The highest BCUT2D eigenvalue weighted by Gasteiger charge is 2.23. The molecule has 4 rings (SSSR count). The molecule has 6 heteroatoms. The normalized spacial score (nSPS) is 13.9. The molecule has 2 heterocycles. The fourth-order valence-electron chi connectivity index (χ4n) is 3.17. The van der Waals surface area contributed by atoms with Crippen molar-refractivity contribution < 1.29 is 0 Å². The van der Waals surface area contributed by atoms with E-state index >= 15 is 0 Å². The van der Waals surface area contributed by atoms with Crippen LogP contribution in [0.15, 0.2) is 42.5 Å². The first-order chi connectivity index (χ1) is 12.1. The van der Waals surface area contributed by atoms with E-state index in [0.717, 1.165) is 48.6 Å². The number of fused-ring (bicyclic) bond motifs is 1. The molecule has 25 heavy (non-hydrogen) atoms. The molecule has 1 N–H and O–H groups in total. The lowest BCUT2D eigenvalue weighted by atomic mass is 10.0. The van der Waals surface area contributed by atoms with Gasteiger partial charge in [0.2, 0.25) is 0 Å². The van der Waals surface area contributed by atoms with E-state index in [2.05, 4.69) is 52.2 Å². The zero-order chi connectivity index (χ0) is 17.4. The second-order valence-corrected chi connectivity index (χ2v) is 8.16. The van der Waals surface area contributed by atoms with Crippen molar-refractivity contribution in [1.29, 1.82) is 0 Å². The van der Waals surface area contributed by atoms with Gasteiger partial charge in [0.25, 0.3) is 0 Å². The summed E-state index contributed by atoms with van der Waals surface area (Å²) in [7, 11) is 0. The number of nitrogens with one attached hydrogen (secondary N) is 1. The summed E-state index contributed by atoms with van der Waals surface area (Å²) in [6.07, 6.45) is 3.25. The van der Waals surface area contributed by atoms with E-state index in [9.17, 15) is 0 Å². The van der Waals surface area contributed by atoms with Crippen molar-refractivity contribution in [1.82, 2.24) is 9.78 Å². The Kier molecular flexibility index (Phi) is 4.93. The van der Waals surface area contributed by atoms with Gasteiger partial charge in [0.05, 0.1) is 16.4 Å². The van der Waals surface area contributed by atoms with Crippen LogP contribution in [0.25, 0.3) is 16.9 Å². The summed E-state index contributed by atoms with van der Waals surface area (Å²) in [6.45, 7) is 0.950. The van der Waals surface area contributed by atoms with Crippen LogP contribution < -0.4 is 5.32 Å². The molecule has 0 bridgehead atoms. The van der Waals surface area contributed by atoms with Crippen LogP contribution in [0, 0.1) is 3.57 Å². The predicted octanol–water partition coefficient (Wildman–Crippen LogP) is 6.20. The van der Waals surface area contributed by atoms with Crippen molar-refractivity contribution in [2.75, 3.05) is 11.9 Å². The molecule has 0 saturated heterocycles. The van der Waals surface area contributed by atoms with Crippen LogP contribution in [0.4, 0.5) is 5.82 Å². The van der Waals surface area contributed by atoms with E-state index in [1.165, 1.54) is 9.13 Å². The van der Waals surface area contributed by atoms with Gasteiger partial charge in [-0.05, 0) is 84.3 Å². The van der Waals surface area contributed by atoms with Crippen LogP contribution in [-0.4, -0.2) is 16.3 Å². The number of benzene rings is 2. The van der Waals surface area contributed by atoms with Crippen LogP contribution in [0.5, 0.6) is 0 Å². The Balaban J connectivity index is 1.93. The van der Waals surface area contributed by atoms with Gasteiger partial charge < -0.3 is 5.32 Å². The van der Waals surface area contributed by atoms with Gasteiger partial charge in [-0.1, -0.05) is 23.2 Å². The summed E-state index contributed by atoms with van der Waals surface area (Å²) in [5.74, 6) is 1.06. The number of nitrogens with zero attached hydrogens (tertiary/aromatic N) is 2. The lowest BCUT2D eigenvalue weighted by Crippen LogP contribution is -2.07. The number of hydrogen-bond acceptors (Lipinski definition) is 2. The molecular formula is C19H16Cl2IN3. The van der Waals surface area contributed by atoms with Gasteiger partial charge in [-0.3, -0.25) is 0 Å². The van der Waals surface area contributed by atoms with Crippen molar-refractivity contribution >= 4 is 51.6 Å². The van der Waals surface area contributed by atoms with Crippen LogP contribution in [0.1, 0.15) is 18.4 Å². The summed E-state index contributed by atoms with van der Waals surface area (Å²) in [5, 5.41) is 9.80. The van der Waals surface area contributed by atoms with Crippen molar-refractivity contribution in [3.05, 3.63) is 61.6 Å². The minimum atomic E-state index is 0.665. The first kappa shape index (κ1) is 17.2. The summed E-state index contributed by atoms with van der Waals surface area (Å²) in [6, 6.07) is 13.9. The van der Waals surface area contributed by atoms with E-state index in [4.69, 9.17) is 28.3 Å². The first-order valence-electron chi connectivity index (χ1n) is 8.20. The minimum Gasteiger partial charge on any atom is -0.370 e. The molecule has 0 amide bonds. The van der Waals surface area contributed by atoms with Crippen molar-refractivity contribution in [2.45, 2.75) is 19.3 Å². The van der Waals surface area contributed by atoms with E-state index in [1.807, 2.05) is 16.8 Å². The van der Waals surface area contributed by atoms with Gasteiger partial charge in [-0.2, -0.15) is 5.10 Å². The molecule has 0 radical (unpaired) electrons. The Morgan fingerprint density at radius 3 is 2.64 bits per heavy atom. The van der Waals surface area contributed by atoms with Gasteiger partial charge in [0.1, 0.15) is 5.82 Å². The van der Waals surface area contributed by atoms with E-state index in [0.29, 0.717) is 10.0 Å². The van der Waals surface area contributed by atoms with Crippen molar-refractivity contribution in [3.8, 4) is 16.9 Å². The molecule has 3 aromatic rings. The predicted molar refractivity (Wildman–Crippen MR) is 113 cm³/mol. The number of rotatable bonds is 2. The molecular weight excluding hydrogens is 468 g/mol. The van der Waals surface area contributed by atoms with Crippen LogP contribution in [0.2, 0.25) is 10.0 Å². The minimum absolute atomic E-state index is 0.665. The largest absolute Gasteiger partial charge is 0.370 e. The zero-order valence-corrected chi connectivity index (χ0v) is 17.1. The Hall–Kier alpha value is -1.24. The second-order valence-electron chi connectivity index (χ2n) is 6.07. The lowest BCUT2D eigenvalue weighted by molar-refractivity contribution is 0.780. The number of aromatic nitrogens is 2. The summed E-state index contributed by atoms with van der Waals surface area (Å²) in [4.78, 5) is 0. The molecule has 0 spiro atoms. The van der Waals surface area contributed by atoms with Crippen LogP contribution in [0.3, 0.4) is 0 Å². The smallest absolute Gasteiger partial charge is 0.133 e. The maximum absolute atomic E-state index is 6.46. The van der Waals surface area contributed by atoms with Gasteiger partial charge in [-0.25, -0.2) is 4.68 Å². The SMILES string of the molecule is Clc1ccc(Cl)c(-c2nn(-c3ccc(I)cc3)c3c2CCCCN3)c1. The topological polar surface area (TPSA) is 29.9 Å². The molecule has 3 nitrogen and oxygen atoms in total. The van der Waals surface area contributed by atoms with Gasteiger partial charge in [0, 0.05) is 26.3 Å². The molecule has 1 aliphatic heterocycles. The van der Waals surface area contributed by atoms with Crippen LogP contribution in [-0.2, 0) is 6.42 Å². The average molecular weight is 484 g/mol. The third-order valence-corrected chi connectivity index (χ3v) is 5.67. The highest BCUT2D eigenvalue weighted by atomic mass is 127. The molecule has 0 fully saturated rings. The summed E-state index contributed by atoms with van der Waals surface area (Å²) < 4.78 is 3.19. The number of halogens is 3. The van der Waals surface area contributed by atoms with Gasteiger partial charge in [-0.15, -0.1) is 0 Å². The molecule has 0 unspecified atom stereocenters. The Morgan fingerprint density at radius 2 is 1.84 bits per heavy atom. The van der Waals surface area contributed by atoms with Gasteiger partial charge in [0.15, 0.2) is 0 Å². The quantitative estimate of drug-likeness (QED) is 0.440. The molecule has 0 aliphatic carbocycles.